The van der Waals surface area contributed by atoms with Gasteiger partial charge in [-0.15, -0.1) is 0 Å². The van der Waals surface area contributed by atoms with Gasteiger partial charge in [0.2, 0.25) is 5.91 Å². The van der Waals surface area contributed by atoms with E-state index in [0.29, 0.717) is 11.8 Å². The lowest BCUT2D eigenvalue weighted by molar-refractivity contribution is -0.139. The fraction of sp³-hybridized carbons (Fsp3) is 0.632. The molecule has 1 saturated carbocycles. The van der Waals surface area contributed by atoms with Crippen LogP contribution in [0.1, 0.15) is 44.1 Å². The van der Waals surface area contributed by atoms with Crippen LogP contribution in [0.3, 0.4) is 0 Å². The molecule has 0 N–H and O–H groups in total. The second kappa shape index (κ2) is 7.23. The number of likely N-dealkylation sites (tertiary alicyclic amines) is 1. The predicted molar refractivity (Wildman–Crippen MR) is 92.8 cm³/mol. The van der Waals surface area contributed by atoms with Gasteiger partial charge in [0.25, 0.3) is 0 Å². The molecule has 0 radical (unpaired) electrons. The predicted octanol–water partition coefficient (Wildman–Crippen LogP) is 4.04. The number of benzene rings is 1. The van der Waals surface area contributed by atoms with E-state index in [-0.39, 0.29) is 5.41 Å². The van der Waals surface area contributed by atoms with Crippen LogP contribution in [0.5, 0.6) is 0 Å². The van der Waals surface area contributed by atoms with Crippen LogP contribution in [0.4, 0.5) is 0 Å². The van der Waals surface area contributed by atoms with Crippen LogP contribution in [0.2, 0.25) is 5.02 Å². The van der Waals surface area contributed by atoms with E-state index in [1.54, 1.807) is 7.11 Å². The molecule has 1 atom stereocenters. The number of rotatable bonds is 4. The quantitative estimate of drug-likeness (QED) is 0.831. The molecule has 0 aromatic heterocycles. The fourth-order valence-corrected chi connectivity index (χ4v) is 4.42. The van der Waals surface area contributed by atoms with Crippen molar-refractivity contribution in [2.75, 3.05) is 26.8 Å². The maximum absolute atomic E-state index is 13.4. The zero-order valence-electron chi connectivity index (χ0n) is 13.9. The average molecular weight is 336 g/mol. The number of amides is 1. The van der Waals surface area contributed by atoms with E-state index < -0.39 is 0 Å². The molecule has 4 heteroatoms. The van der Waals surface area contributed by atoms with Crippen molar-refractivity contribution in [3.8, 4) is 0 Å². The van der Waals surface area contributed by atoms with Gasteiger partial charge >= 0.3 is 0 Å². The molecule has 3 nitrogen and oxygen atoms in total. The first kappa shape index (κ1) is 16.8. The minimum atomic E-state index is -0.334. The van der Waals surface area contributed by atoms with Crippen molar-refractivity contribution in [3.05, 3.63) is 34.9 Å². The molecule has 3 rings (SSSR count). The summed E-state index contributed by atoms with van der Waals surface area (Å²) in [6.45, 7) is 2.47. The number of hydrogen-bond donors (Lipinski definition) is 0. The Labute approximate surface area is 144 Å². The molecule has 1 amide bonds. The Morgan fingerprint density at radius 2 is 1.96 bits per heavy atom. The Hall–Kier alpha value is -1.06. The largest absolute Gasteiger partial charge is 0.384 e. The number of carbonyl (C=O) groups is 1. The van der Waals surface area contributed by atoms with Gasteiger partial charge in [-0.25, -0.2) is 0 Å². The maximum Gasteiger partial charge on any atom is 0.233 e. The highest BCUT2D eigenvalue weighted by Crippen LogP contribution is 2.43. The molecule has 1 saturated heterocycles. The number of nitrogens with zero attached hydrogens (tertiary/aromatic N) is 1. The zero-order chi connectivity index (χ0) is 16.3. The molecule has 1 aliphatic carbocycles. The summed E-state index contributed by atoms with van der Waals surface area (Å²) in [4.78, 5) is 15.5. The van der Waals surface area contributed by atoms with Gasteiger partial charge in [0.05, 0.1) is 12.0 Å². The van der Waals surface area contributed by atoms with Crippen molar-refractivity contribution in [2.24, 2.45) is 5.92 Å². The van der Waals surface area contributed by atoms with E-state index in [0.717, 1.165) is 68.8 Å². The van der Waals surface area contributed by atoms with Crippen LogP contribution in [-0.4, -0.2) is 37.6 Å². The summed E-state index contributed by atoms with van der Waals surface area (Å²) < 4.78 is 5.31. The molecular weight excluding hydrogens is 310 g/mol. The van der Waals surface area contributed by atoms with E-state index >= 15 is 0 Å². The molecule has 2 fully saturated rings. The first-order valence-corrected chi connectivity index (χ1v) is 9.08. The highest BCUT2D eigenvalue weighted by atomic mass is 35.5. The van der Waals surface area contributed by atoms with E-state index in [9.17, 15) is 4.79 Å². The van der Waals surface area contributed by atoms with Gasteiger partial charge in [-0.05, 0) is 49.3 Å². The lowest BCUT2D eigenvalue weighted by Gasteiger charge is -2.39. The van der Waals surface area contributed by atoms with Crippen molar-refractivity contribution in [3.63, 3.8) is 0 Å². The Balaban J connectivity index is 1.83. The van der Waals surface area contributed by atoms with Crippen LogP contribution >= 0.6 is 11.6 Å². The smallest absolute Gasteiger partial charge is 0.233 e. The van der Waals surface area contributed by atoms with Gasteiger partial charge in [0.15, 0.2) is 0 Å². The highest BCUT2D eigenvalue weighted by Gasteiger charge is 2.45. The minimum Gasteiger partial charge on any atom is -0.384 e. The van der Waals surface area contributed by atoms with Crippen molar-refractivity contribution >= 4 is 17.5 Å². The van der Waals surface area contributed by atoms with Crippen LogP contribution in [0, 0.1) is 5.92 Å². The minimum absolute atomic E-state index is 0.318. The SMILES string of the molecule is COCC1CCCN(C(=O)C2(c3ccc(Cl)cc3)CCCC2)C1. The lowest BCUT2D eigenvalue weighted by Crippen LogP contribution is -2.49. The van der Waals surface area contributed by atoms with Crippen molar-refractivity contribution in [2.45, 2.75) is 43.9 Å². The fourth-order valence-electron chi connectivity index (χ4n) is 4.30. The third kappa shape index (κ3) is 3.41. The monoisotopic (exact) mass is 335 g/mol. The summed E-state index contributed by atoms with van der Waals surface area (Å²) in [5, 5.41) is 0.729. The number of hydrogen-bond acceptors (Lipinski definition) is 2. The number of methoxy groups -OCH3 is 1. The normalized spacial score (nSPS) is 23.9. The number of piperidine rings is 1. The molecule has 1 heterocycles. The summed E-state index contributed by atoms with van der Waals surface area (Å²) in [5.74, 6) is 0.791. The molecular formula is C19H26ClNO2. The second-order valence-electron chi connectivity index (χ2n) is 7.01. The summed E-state index contributed by atoms with van der Waals surface area (Å²) in [7, 11) is 1.74. The Morgan fingerprint density at radius 3 is 2.61 bits per heavy atom. The molecule has 1 unspecified atom stereocenters. The Bertz CT molecular complexity index is 535. The van der Waals surface area contributed by atoms with Gasteiger partial charge < -0.3 is 9.64 Å². The van der Waals surface area contributed by atoms with Crippen molar-refractivity contribution in [1.29, 1.82) is 0 Å². The Morgan fingerprint density at radius 1 is 1.26 bits per heavy atom. The first-order chi connectivity index (χ1) is 11.2. The molecule has 1 aliphatic heterocycles. The van der Waals surface area contributed by atoms with E-state index in [2.05, 4.69) is 4.90 Å². The summed E-state index contributed by atoms with van der Waals surface area (Å²) in [5.41, 5.74) is 0.804. The van der Waals surface area contributed by atoms with Gasteiger partial charge in [-0.1, -0.05) is 36.6 Å². The standard InChI is InChI=1S/C19H26ClNO2/c1-23-14-15-5-4-12-21(13-15)18(22)19(10-2-3-11-19)16-6-8-17(20)9-7-16/h6-9,15H,2-5,10-14H2,1H3. The van der Waals surface area contributed by atoms with Gasteiger partial charge in [-0.2, -0.15) is 0 Å². The lowest BCUT2D eigenvalue weighted by atomic mass is 9.77. The van der Waals surface area contributed by atoms with Gasteiger partial charge in [-0.3, -0.25) is 4.79 Å². The molecule has 2 aliphatic rings. The van der Waals surface area contributed by atoms with E-state index in [4.69, 9.17) is 16.3 Å². The first-order valence-electron chi connectivity index (χ1n) is 8.70. The van der Waals surface area contributed by atoms with Crippen LogP contribution < -0.4 is 0 Å². The van der Waals surface area contributed by atoms with E-state index in [1.165, 1.54) is 0 Å². The average Bonchev–Trinajstić information content (AvgIpc) is 3.06. The van der Waals surface area contributed by atoms with Crippen molar-refractivity contribution < 1.29 is 9.53 Å². The number of ether oxygens (including phenoxy) is 1. The summed E-state index contributed by atoms with van der Waals surface area (Å²) >= 11 is 6.04. The summed E-state index contributed by atoms with van der Waals surface area (Å²) in [6.07, 6.45) is 6.41. The number of halogens is 1. The van der Waals surface area contributed by atoms with Crippen LogP contribution in [0.15, 0.2) is 24.3 Å². The molecule has 126 valence electrons. The molecule has 0 bridgehead atoms. The third-order valence-electron chi connectivity index (χ3n) is 5.47. The van der Waals surface area contributed by atoms with Gasteiger partial charge in [0.1, 0.15) is 0 Å². The highest BCUT2D eigenvalue weighted by molar-refractivity contribution is 6.30. The second-order valence-corrected chi connectivity index (χ2v) is 7.45. The maximum atomic E-state index is 13.4. The van der Waals surface area contributed by atoms with Crippen LogP contribution in [-0.2, 0) is 14.9 Å². The molecule has 23 heavy (non-hydrogen) atoms. The van der Waals surface area contributed by atoms with Crippen molar-refractivity contribution in [1.82, 2.24) is 4.90 Å². The number of carbonyl (C=O) groups excluding carboxylic acids is 1. The summed E-state index contributed by atoms with van der Waals surface area (Å²) in [6, 6.07) is 7.91. The Kier molecular flexibility index (Phi) is 5.27. The molecule has 0 spiro atoms. The molecule has 1 aromatic carbocycles. The third-order valence-corrected chi connectivity index (χ3v) is 5.72. The zero-order valence-corrected chi connectivity index (χ0v) is 14.6. The molecule has 1 aromatic rings. The van der Waals surface area contributed by atoms with Gasteiger partial charge in [0, 0.05) is 25.2 Å². The van der Waals surface area contributed by atoms with Crippen LogP contribution in [0.25, 0.3) is 0 Å². The topological polar surface area (TPSA) is 29.5 Å². The van der Waals surface area contributed by atoms with E-state index in [1.807, 2.05) is 24.3 Å².